The van der Waals surface area contributed by atoms with Crippen molar-refractivity contribution >= 4 is 5.91 Å². The third-order valence-electron chi connectivity index (χ3n) is 6.48. The van der Waals surface area contributed by atoms with Crippen LogP contribution in [-0.2, 0) is 11.3 Å². The molecule has 6 nitrogen and oxygen atoms in total. The molecule has 0 saturated carbocycles. The molecule has 1 fully saturated rings. The number of amides is 1. The van der Waals surface area contributed by atoms with Gasteiger partial charge in [-0.3, -0.25) is 9.69 Å². The number of hydrogen-bond donors (Lipinski definition) is 1. The van der Waals surface area contributed by atoms with Gasteiger partial charge >= 0.3 is 0 Å². The van der Waals surface area contributed by atoms with Gasteiger partial charge in [-0.2, -0.15) is 4.98 Å². The zero-order valence-electron chi connectivity index (χ0n) is 19.4. The number of hydrogen-bond acceptors (Lipinski definition) is 5. The van der Waals surface area contributed by atoms with Crippen molar-refractivity contribution in [2.75, 3.05) is 13.1 Å². The van der Waals surface area contributed by atoms with Crippen molar-refractivity contribution in [3.05, 3.63) is 70.6 Å². The molecule has 0 spiro atoms. The van der Waals surface area contributed by atoms with Crippen molar-refractivity contribution in [2.24, 2.45) is 5.92 Å². The van der Waals surface area contributed by atoms with E-state index in [4.69, 9.17) is 4.52 Å². The van der Waals surface area contributed by atoms with Crippen molar-refractivity contribution < 1.29 is 9.32 Å². The van der Waals surface area contributed by atoms with Crippen molar-refractivity contribution in [1.82, 2.24) is 20.4 Å². The summed E-state index contributed by atoms with van der Waals surface area (Å²) in [5, 5.41) is 7.33. The van der Waals surface area contributed by atoms with Gasteiger partial charge in [-0.05, 0) is 70.3 Å². The first kappa shape index (κ1) is 22.2. The summed E-state index contributed by atoms with van der Waals surface area (Å²) in [5.41, 5.74) is 5.83. The van der Waals surface area contributed by atoms with Crippen LogP contribution in [0.4, 0.5) is 0 Å². The van der Waals surface area contributed by atoms with Gasteiger partial charge in [-0.15, -0.1) is 0 Å². The number of carbonyl (C=O) groups is 1. The number of aryl methyl sites for hydroxylation is 3. The SMILES string of the molecule is Cc1ccc(-c2noc(CN3CCC(C(=O)NC(C)c4ccc(C)c(C)c4)CC3)n2)cc1. The number of likely N-dealkylation sites (tertiary alicyclic amines) is 1. The lowest BCUT2D eigenvalue weighted by Gasteiger charge is -2.31. The Morgan fingerprint density at radius 1 is 1.09 bits per heavy atom. The Kier molecular flexibility index (Phi) is 6.70. The van der Waals surface area contributed by atoms with Crippen molar-refractivity contribution in [1.29, 1.82) is 0 Å². The summed E-state index contributed by atoms with van der Waals surface area (Å²) in [6, 6.07) is 14.5. The molecule has 3 aromatic rings. The molecule has 4 rings (SSSR count). The van der Waals surface area contributed by atoms with Crippen LogP contribution in [0.15, 0.2) is 47.0 Å². The maximum Gasteiger partial charge on any atom is 0.241 e. The summed E-state index contributed by atoms with van der Waals surface area (Å²) in [6.07, 6.45) is 1.68. The van der Waals surface area contributed by atoms with Crippen molar-refractivity contribution in [3.8, 4) is 11.4 Å². The predicted molar refractivity (Wildman–Crippen MR) is 125 cm³/mol. The molecular formula is C26H32N4O2. The summed E-state index contributed by atoms with van der Waals surface area (Å²) in [6.45, 7) is 10.6. The van der Waals surface area contributed by atoms with Crippen molar-refractivity contribution in [2.45, 2.75) is 53.1 Å². The molecule has 6 heteroatoms. The molecule has 1 aromatic heterocycles. The summed E-state index contributed by atoms with van der Waals surface area (Å²) in [7, 11) is 0. The Morgan fingerprint density at radius 2 is 1.81 bits per heavy atom. The highest BCUT2D eigenvalue weighted by atomic mass is 16.5. The fourth-order valence-electron chi connectivity index (χ4n) is 4.13. The van der Waals surface area contributed by atoms with Gasteiger partial charge in [0, 0.05) is 11.5 Å². The van der Waals surface area contributed by atoms with Gasteiger partial charge in [0.2, 0.25) is 17.6 Å². The number of nitrogens with one attached hydrogen (secondary N) is 1. The van der Waals surface area contributed by atoms with Gasteiger partial charge in [0.15, 0.2) is 0 Å². The van der Waals surface area contributed by atoms with E-state index in [-0.39, 0.29) is 17.9 Å². The van der Waals surface area contributed by atoms with E-state index in [1.165, 1.54) is 16.7 Å². The zero-order chi connectivity index (χ0) is 22.7. The smallest absolute Gasteiger partial charge is 0.241 e. The zero-order valence-corrected chi connectivity index (χ0v) is 19.4. The highest BCUT2D eigenvalue weighted by Crippen LogP contribution is 2.23. The van der Waals surface area contributed by atoms with Crippen LogP contribution in [0.2, 0.25) is 0 Å². The highest BCUT2D eigenvalue weighted by Gasteiger charge is 2.27. The summed E-state index contributed by atoms with van der Waals surface area (Å²) < 4.78 is 5.46. The van der Waals surface area contributed by atoms with Crippen LogP contribution in [-0.4, -0.2) is 34.0 Å². The van der Waals surface area contributed by atoms with E-state index in [0.717, 1.165) is 37.1 Å². The molecule has 1 N–H and O–H groups in total. The number of carbonyl (C=O) groups excluding carboxylic acids is 1. The number of benzene rings is 2. The molecule has 1 atom stereocenters. The van der Waals surface area contributed by atoms with Crippen LogP contribution in [0.3, 0.4) is 0 Å². The van der Waals surface area contributed by atoms with Gasteiger partial charge in [0.1, 0.15) is 0 Å². The number of piperidine rings is 1. The minimum Gasteiger partial charge on any atom is -0.349 e. The van der Waals surface area contributed by atoms with Crippen LogP contribution < -0.4 is 5.32 Å². The molecule has 1 aliphatic rings. The quantitative estimate of drug-likeness (QED) is 0.609. The normalized spacial score (nSPS) is 16.1. The maximum atomic E-state index is 12.8. The van der Waals surface area contributed by atoms with Gasteiger partial charge in [-0.25, -0.2) is 0 Å². The fourth-order valence-corrected chi connectivity index (χ4v) is 4.13. The Bertz CT molecular complexity index is 1070. The van der Waals surface area contributed by atoms with Crippen molar-refractivity contribution in [3.63, 3.8) is 0 Å². The minimum atomic E-state index is 0.0124. The van der Waals surface area contributed by atoms with Gasteiger partial charge in [0.25, 0.3) is 0 Å². The van der Waals surface area contributed by atoms with E-state index in [0.29, 0.717) is 18.3 Å². The first-order valence-corrected chi connectivity index (χ1v) is 11.4. The second-order valence-corrected chi connectivity index (χ2v) is 9.00. The fraction of sp³-hybridized carbons (Fsp3) is 0.423. The number of nitrogens with zero attached hydrogens (tertiary/aromatic N) is 3. The van der Waals surface area contributed by atoms with Crippen LogP contribution in [0.5, 0.6) is 0 Å². The second-order valence-electron chi connectivity index (χ2n) is 9.00. The summed E-state index contributed by atoms with van der Waals surface area (Å²) in [4.78, 5) is 19.6. The largest absolute Gasteiger partial charge is 0.349 e. The number of aromatic nitrogens is 2. The molecule has 2 aromatic carbocycles. The highest BCUT2D eigenvalue weighted by molar-refractivity contribution is 5.79. The van der Waals surface area contributed by atoms with E-state index >= 15 is 0 Å². The third-order valence-corrected chi connectivity index (χ3v) is 6.48. The van der Waals surface area contributed by atoms with E-state index in [1.807, 2.05) is 24.3 Å². The van der Waals surface area contributed by atoms with Crippen LogP contribution in [0.1, 0.15) is 54.0 Å². The molecule has 168 valence electrons. The lowest BCUT2D eigenvalue weighted by Crippen LogP contribution is -2.41. The number of rotatable bonds is 6. The lowest BCUT2D eigenvalue weighted by atomic mass is 9.95. The first-order valence-electron chi connectivity index (χ1n) is 11.4. The van der Waals surface area contributed by atoms with E-state index < -0.39 is 0 Å². The Labute approximate surface area is 190 Å². The molecule has 1 saturated heterocycles. The summed E-state index contributed by atoms with van der Waals surface area (Å²) >= 11 is 0. The van der Waals surface area contributed by atoms with E-state index in [2.05, 4.69) is 66.3 Å². The van der Waals surface area contributed by atoms with Gasteiger partial charge in [0.05, 0.1) is 12.6 Å². The molecule has 0 bridgehead atoms. The lowest BCUT2D eigenvalue weighted by molar-refractivity contribution is -0.127. The monoisotopic (exact) mass is 432 g/mol. The Morgan fingerprint density at radius 3 is 2.50 bits per heavy atom. The molecule has 1 amide bonds. The average molecular weight is 433 g/mol. The maximum absolute atomic E-state index is 12.8. The summed E-state index contributed by atoms with van der Waals surface area (Å²) in [5.74, 6) is 1.43. The first-order chi connectivity index (χ1) is 15.4. The molecule has 32 heavy (non-hydrogen) atoms. The van der Waals surface area contributed by atoms with Gasteiger partial charge in [-0.1, -0.05) is 53.2 Å². The van der Waals surface area contributed by atoms with Gasteiger partial charge < -0.3 is 9.84 Å². The van der Waals surface area contributed by atoms with Crippen LogP contribution in [0.25, 0.3) is 11.4 Å². The standard InChI is InChI=1S/C26H32N4O2/c1-17-5-8-21(9-6-17)25-28-24(32-29-25)16-30-13-11-22(12-14-30)26(31)27-20(4)23-10-7-18(2)19(3)15-23/h5-10,15,20,22H,11-14,16H2,1-4H3,(H,27,31). The molecule has 2 heterocycles. The predicted octanol–water partition coefficient (Wildman–Crippen LogP) is 4.75. The Balaban J connectivity index is 1.27. The molecular weight excluding hydrogens is 400 g/mol. The third kappa shape index (κ3) is 5.25. The second kappa shape index (κ2) is 9.65. The van der Waals surface area contributed by atoms with Crippen LogP contribution in [0, 0.1) is 26.7 Å². The van der Waals surface area contributed by atoms with E-state index in [9.17, 15) is 4.79 Å². The molecule has 0 radical (unpaired) electrons. The Hall–Kier alpha value is -2.99. The molecule has 1 aliphatic heterocycles. The van der Waals surface area contributed by atoms with E-state index in [1.54, 1.807) is 0 Å². The van der Waals surface area contributed by atoms with Crippen LogP contribution >= 0.6 is 0 Å². The molecule has 0 aliphatic carbocycles. The topological polar surface area (TPSA) is 71.3 Å². The minimum absolute atomic E-state index is 0.0124. The average Bonchev–Trinajstić information content (AvgIpc) is 3.25. The molecule has 1 unspecified atom stereocenters.